The average Bonchev–Trinajstić information content (AvgIpc) is 3.24. The van der Waals surface area contributed by atoms with Crippen LogP contribution in [0.2, 0.25) is 0 Å². The first kappa shape index (κ1) is 13.9. The van der Waals surface area contributed by atoms with Gasteiger partial charge in [0.25, 0.3) is 0 Å². The van der Waals surface area contributed by atoms with Crippen molar-refractivity contribution in [1.29, 1.82) is 0 Å². The Morgan fingerprint density at radius 1 is 1.29 bits per heavy atom. The Bertz CT molecular complexity index is 605. The second kappa shape index (κ2) is 6.18. The number of pyridine rings is 1. The summed E-state index contributed by atoms with van der Waals surface area (Å²) in [6, 6.07) is 4.68. The van der Waals surface area contributed by atoms with E-state index in [1.165, 1.54) is 18.4 Å². The minimum Gasteiger partial charge on any atom is -0.493 e. The smallest absolute Gasteiger partial charge is 0.184 e. The van der Waals surface area contributed by atoms with E-state index in [9.17, 15) is 0 Å². The molecule has 0 aliphatic heterocycles. The fourth-order valence-electron chi connectivity index (χ4n) is 2.38. The van der Waals surface area contributed by atoms with E-state index >= 15 is 0 Å². The molecule has 5 nitrogen and oxygen atoms in total. The van der Waals surface area contributed by atoms with Gasteiger partial charge in [0.15, 0.2) is 11.5 Å². The molecule has 3 rings (SSSR count). The largest absolute Gasteiger partial charge is 0.493 e. The molecule has 0 amide bonds. The van der Waals surface area contributed by atoms with Gasteiger partial charge in [0.05, 0.1) is 20.8 Å². The monoisotopic (exact) mass is 287 g/mol. The van der Waals surface area contributed by atoms with Crippen molar-refractivity contribution in [3.63, 3.8) is 0 Å². The highest BCUT2D eigenvalue weighted by molar-refractivity contribution is 5.42. The second-order valence-electron chi connectivity index (χ2n) is 5.34. The van der Waals surface area contributed by atoms with Gasteiger partial charge in [-0.1, -0.05) is 0 Å². The first-order valence-corrected chi connectivity index (χ1v) is 7.24. The van der Waals surface area contributed by atoms with E-state index < -0.39 is 0 Å². The van der Waals surface area contributed by atoms with E-state index in [1.54, 1.807) is 20.4 Å². The lowest BCUT2D eigenvalue weighted by Crippen LogP contribution is -2.14. The molecule has 1 aliphatic rings. The van der Waals surface area contributed by atoms with Crippen LogP contribution in [0.5, 0.6) is 11.5 Å². The Hall–Kier alpha value is -2.01. The molecular formula is C16H21N3O2. The fraction of sp³-hybridized carbons (Fsp3) is 0.438. The molecule has 112 valence electrons. The number of methoxy groups -OCH3 is 2. The van der Waals surface area contributed by atoms with E-state index in [2.05, 4.69) is 33.3 Å². The lowest BCUT2D eigenvalue weighted by molar-refractivity contribution is 0.348. The van der Waals surface area contributed by atoms with Gasteiger partial charge < -0.3 is 19.4 Å². The molecule has 0 spiro atoms. The summed E-state index contributed by atoms with van der Waals surface area (Å²) in [4.78, 5) is 4.41. The van der Waals surface area contributed by atoms with Crippen molar-refractivity contribution in [2.24, 2.45) is 0 Å². The van der Waals surface area contributed by atoms with Crippen molar-refractivity contribution in [2.45, 2.75) is 32.0 Å². The highest BCUT2D eigenvalue weighted by atomic mass is 16.5. The molecule has 1 saturated carbocycles. The Morgan fingerprint density at radius 2 is 2.14 bits per heavy atom. The highest BCUT2D eigenvalue weighted by Gasteiger charge is 2.20. The van der Waals surface area contributed by atoms with E-state index in [4.69, 9.17) is 9.47 Å². The fourth-order valence-corrected chi connectivity index (χ4v) is 2.38. The molecule has 0 bridgehead atoms. The molecular weight excluding hydrogens is 266 g/mol. The Morgan fingerprint density at radius 3 is 2.86 bits per heavy atom. The van der Waals surface area contributed by atoms with Gasteiger partial charge in [-0.15, -0.1) is 0 Å². The van der Waals surface area contributed by atoms with Crippen molar-refractivity contribution < 1.29 is 9.47 Å². The van der Waals surface area contributed by atoms with Crippen LogP contribution in [0.1, 0.15) is 24.1 Å². The van der Waals surface area contributed by atoms with Crippen LogP contribution < -0.4 is 14.8 Å². The Balaban J connectivity index is 1.70. The minimum absolute atomic E-state index is 0.670. The van der Waals surface area contributed by atoms with E-state index in [0.29, 0.717) is 18.0 Å². The van der Waals surface area contributed by atoms with Crippen LogP contribution in [0.25, 0.3) is 0 Å². The first-order valence-electron chi connectivity index (χ1n) is 7.24. The first-order chi connectivity index (χ1) is 10.3. The van der Waals surface area contributed by atoms with Crippen LogP contribution in [0.4, 0.5) is 0 Å². The summed E-state index contributed by atoms with van der Waals surface area (Å²) in [7, 11) is 3.28. The van der Waals surface area contributed by atoms with Gasteiger partial charge in [-0.05, 0) is 24.5 Å². The van der Waals surface area contributed by atoms with E-state index in [0.717, 1.165) is 18.3 Å². The van der Waals surface area contributed by atoms with Crippen molar-refractivity contribution >= 4 is 0 Å². The lowest BCUT2D eigenvalue weighted by Gasteiger charge is -2.12. The third kappa shape index (κ3) is 3.36. The summed E-state index contributed by atoms with van der Waals surface area (Å²) in [6.07, 6.45) is 8.59. The SMILES string of the molecule is COc1ccnc(Cn2ccc(CNC3CC3)c2)c1OC. The molecule has 21 heavy (non-hydrogen) atoms. The van der Waals surface area contributed by atoms with Crippen LogP contribution in [-0.4, -0.2) is 29.8 Å². The molecule has 0 unspecified atom stereocenters. The number of hydrogen-bond acceptors (Lipinski definition) is 4. The topological polar surface area (TPSA) is 48.3 Å². The highest BCUT2D eigenvalue weighted by Crippen LogP contribution is 2.29. The number of aromatic nitrogens is 2. The molecule has 0 saturated heterocycles. The van der Waals surface area contributed by atoms with Gasteiger partial charge in [-0.25, -0.2) is 0 Å². The van der Waals surface area contributed by atoms with Crippen LogP contribution in [0, 0.1) is 0 Å². The van der Waals surface area contributed by atoms with Crippen LogP contribution in [-0.2, 0) is 13.1 Å². The van der Waals surface area contributed by atoms with Crippen LogP contribution >= 0.6 is 0 Å². The lowest BCUT2D eigenvalue weighted by atomic mass is 10.3. The van der Waals surface area contributed by atoms with Gasteiger partial charge >= 0.3 is 0 Å². The second-order valence-corrected chi connectivity index (χ2v) is 5.34. The summed E-state index contributed by atoms with van der Waals surface area (Å²) < 4.78 is 12.8. The maximum atomic E-state index is 5.42. The van der Waals surface area contributed by atoms with Gasteiger partial charge in [0.1, 0.15) is 5.69 Å². The molecule has 0 atom stereocenters. The Kier molecular flexibility index (Phi) is 4.10. The number of hydrogen-bond donors (Lipinski definition) is 1. The molecule has 5 heteroatoms. The molecule has 2 aromatic rings. The zero-order valence-corrected chi connectivity index (χ0v) is 12.5. The molecule has 0 radical (unpaired) electrons. The van der Waals surface area contributed by atoms with Gasteiger partial charge in [-0.3, -0.25) is 4.98 Å². The van der Waals surface area contributed by atoms with Crippen molar-refractivity contribution in [2.75, 3.05) is 14.2 Å². The third-order valence-electron chi connectivity index (χ3n) is 3.68. The number of nitrogens with one attached hydrogen (secondary N) is 1. The van der Waals surface area contributed by atoms with Gasteiger partial charge in [0.2, 0.25) is 0 Å². The number of rotatable bonds is 7. The summed E-state index contributed by atoms with van der Waals surface area (Å²) in [5, 5.41) is 3.52. The molecule has 2 aromatic heterocycles. The minimum atomic E-state index is 0.670. The summed E-state index contributed by atoms with van der Waals surface area (Å²) in [5.74, 6) is 1.41. The van der Waals surface area contributed by atoms with Crippen molar-refractivity contribution in [3.8, 4) is 11.5 Å². The third-order valence-corrected chi connectivity index (χ3v) is 3.68. The molecule has 0 aromatic carbocycles. The zero-order valence-electron chi connectivity index (χ0n) is 12.5. The van der Waals surface area contributed by atoms with Crippen LogP contribution in [0.3, 0.4) is 0 Å². The molecule has 2 heterocycles. The van der Waals surface area contributed by atoms with E-state index in [1.807, 2.05) is 6.07 Å². The summed E-state index contributed by atoms with van der Waals surface area (Å²) in [6.45, 7) is 1.60. The molecule has 1 fully saturated rings. The van der Waals surface area contributed by atoms with E-state index in [-0.39, 0.29) is 0 Å². The average molecular weight is 287 g/mol. The van der Waals surface area contributed by atoms with Crippen molar-refractivity contribution in [3.05, 3.63) is 42.0 Å². The van der Waals surface area contributed by atoms with Crippen LogP contribution in [0.15, 0.2) is 30.7 Å². The Labute approximate surface area is 124 Å². The zero-order chi connectivity index (χ0) is 14.7. The van der Waals surface area contributed by atoms with Gasteiger partial charge in [-0.2, -0.15) is 0 Å². The molecule has 1 aliphatic carbocycles. The quantitative estimate of drug-likeness (QED) is 0.848. The standard InChI is InChI=1S/C16H21N3O2/c1-20-15-5-7-17-14(16(15)21-2)11-19-8-6-12(10-19)9-18-13-3-4-13/h5-8,10,13,18H,3-4,9,11H2,1-2H3. The molecule has 1 N–H and O–H groups in total. The normalized spacial score (nSPS) is 14.2. The van der Waals surface area contributed by atoms with Crippen molar-refractivity contribution in [1.82, 2.24) is 14.9 Å². The summed E-state index contributed by atoms with van der Waals surface area (Å²) in [5.41, 5.74) is 2.16. The summed E-state index contributed by atoms with van der Waals surface area (Å²) >= 11 is 0. The predicted octanol–water partition coefficient (Wildman–Crippen LogP) is 2.20. The number of ether oxygens (including phenoxy) is 2. The van der Waals surface area contributed by atoms with Gasteiger partial charge in [0, 0.05) is 37.2 Å². The maximum absolute atomic E-state index is 5.42. The predicted molar refractivity (Wildman–Crippen MR) is 80.7 cm³/mol. The number of nitrogens with zero attached hydrogens (tertiary/aromatic N) is 2. The maximum Gasteiger partial charge on any atom is 0.184 e.